The molecule has 0 spiro atoms. The summed E-state index contributed by atoms with van der Waals surface area (Å²) in [6.45, 7) is 2.63. The van der Waals surface area contributed by atoms with Gasteiger partial charge in [0, 0.05) is 24.3 Å². The van der Waals surface area contributed by atoms with E-state index in [1.165, 1.54) is 7.11 Å². The lowest BCUT2D eigenvalue weighted by Gasteiger charge is -2.30. The van der Waals surface area contributed by atoms with Crippen LogP contribution in [0.2, 0.25) is 0 Å². The molecular weight excluding hydrogens is 368 g/mol. The van der Waals surface area contributed by atoms with Crippen LogP contribution in [0.3, 0.4) is 0 Å². The van der Waals surface area contributed by atoms with Crippen molar-refractivity contribution in [3.05, 3.63) is 71.8 Å². The Bertz CT molecular complexity index is 1060. The maximum Gasteiger partial charge on any atom is 0.340 e. The zero-order chi connectivity index (χ0) is 20.2. The number of esters is 1. The fraction of sp³-hybridized carbons (Fsp3) is 0.217. The molecule has 0 atom stereocenters. The van der Waals surface area contributed by atoms with Gasteiger partial charge in [0.15, 0.2) is 0 Å². The summed E-state index contributed by atoms with van der Waals surface area (Å²) in [5.74, 6) is -0.668. The maximum atomic E-state index is 12.7. The van der Waals surface area contributed by atoms with Gasteiger partial charge in [-0.3, -0.25) is 4.79 Å². The van der Waals surface area contributed by atoms with E-state index in [1.807, 2.05) is 42.5 Å². The van der Waals surface area contributed by atoms with Gasteiger partial charge in [-0.1, -0.05) is 30.3 Å². The summed E-state index contributed by atoms with van der Waals surface area (Å²) in [6.07, 6.45) is 0. The number of ether oxygens (including phenoxy) is 2. The minimum Gasteiger partial charge on any atom is -0.465 e. The van der Waals surface area contributed by atoms with Crippen LogP contribution < -0.4 is 10.2 Å². The van der Waals surface area contributed by atoms with Crippen molar-refractivity contribution < 1.29 is 19.1 Å². The van der Waals surface area contributed by atoms with Crippen LogP contribution in [0.15, 0.2) is 60.7 Å². The largest absolute Gasteiger partial charge is 0.465 e. The maximum absolute atomic E-state index is 12.7. The Morgan fingerprint density at radius 2 is 1.72 bits per heavy atom. The molecule has 0 unspecified atom stereocenters. The van der Waals surface area contributed by atoms with Gasteiger partial charge in [0.1, 0.15) is 0 Å². The van der Waals surface area contributed by atoms with Crippen molar-refractivity contribution in [1.82, 2.24) is 0 Å². The normalized spacial score (nSPS) is 13.9. The molecule has 4 rings (SSSR count). The SMILES string of the molecule is COC(=O)c1cc(NC(=O)c2ccc3ccccc3c2)ccc1N1CCOCC1. The van der Waals surface area contributed by atoms with Crippen molar-refractivity contribution in [3.63, 3.8) is 0 Å². The van der Waals surface area contributed by atoms with Crippen molar-refractivity contribution in [3.8, 4) is 0 Å². The van der Waals surface area contributed by atoms with Gasteiger partial charge >= 0.3 is 5.97 Å². The van der Waals surface area contributed by atoms with Crippen LogP contribution in [0.5, 0.6) is 0 Å². The van der Waals surface area contributed by atoms with Gasteiger partial charge in [-0.05, 0) is 41.1 Å². The highest BCUT2D eigenvalue weighted by Gasteiger charge is 2.20. The van der Waals surface area contributed by atoms with Gasteiger partial charge in [-0.15, -0.1) is 0 Å². The van der Waals surface area contributed by atoms with Crippen LogP contribution in [0, 0.1) is 0 Å². The van der Waals surface area contributed by atoms with Gasteiger partial charge in [-0.25, -0.2) is 4.79 Å². The molecule has 1 aliphatic heterocycles. The predicted octanol–water partition coefficient (Wildman–Crippen LogP) is 3.72. The van der Waals surface area contributed by atoms with E-state index < -0.39 is 5.97 Å². The summed E-state index contributed by atoms with van der Waals surface area (Å²) in [5.41, 5.74) is 2.30. The summed E-state index contributed by atoms with van der Waals surface area (Å²) in [6, 6.07) is 18.8. The third kappa shape index (κ3) is 4.07. The molecule has 1 N–H and O–H groups in total. The van der Waals surface area contributed by atoms with Crippen molar-refractivity contribution in [2.24, 2.45) is 0 Å². The predicted molar refractivity (Wildman–Crippen MR) is 113 cm³/mol. The first-order valence-electron chi connectivity index (χ1n) is 9.51. The first-order valence-corrected chi connectivity index (χ1v) is 9.51. The lowest BCUT2D eigenvalue weighted by molar-refractivity contribution is 0.0600. The summed E-state index contributed by atoms with van der Waals surface area (Å²) >= 11 is 0. The number of hydrogen-bond donors (Lipinski definition) is 1. The summed E-state index contributed by atoms with van der Waals surface area (Å²) in [4.78, 5) is 27.2. The number of benzene rings is 3. The molecule has 1 aliphatic rings. The summed E-state index contributed by atoms with van der Waals surface area (Å²) < 4.78 is 10.3. The van der Waals surface area contributed by atoms with E-state index in [9.17, 15) is 9.59 Å². The number of anilines is 2. The lowest BCUT2D eigenvalue weighted by atomic mass is 10.1. The van der Waals surface area contributed by atoms with Crippen molar-refractivity contribution in [1.29, 1.82) is 0 Å². The molecule has 29 heavy (non-hydrogen) atoms. The second-order valence-electron chi connectivity index (χ2n) is 6.84. The minimum absolute atomic E-state index is 0.231. The Labute approximate surface area is 169 Å². The quantitative estimate of drug-likeness (QED) is 0.688. The Morgan fingerprint density at radius 1 is 0.966 bits per heavy atom. The molecule has 1 heterocycles. The van der Waals surface area contributed by atoms with Crippen LogP contribution in [0.25, 0.3) is 10.8 Å². The molecule has 6 nitrogen and oxygen atoms in total. The molecule has 1 amide bonds. The average Bonchev–Trinajstić information content (AvgIpc) is 2.78. The highest BCUT2D eigenvalue weighted by Crippen LogP contribution is 2.26. The van der Waals surface area contributed by atoms with Crippen LogP contribution in [-0.2, 0) is 9.47 Å². The van der Waals surface area contributed by atoms with E-state index in [0.29, 0.717) is 43.1 Å². The second-order valence-corrected chi connectivity index (χ2v) is 6.84. The number of carbonyl (C=O) groups excluding carboxylic acids is 2. The smallest absolute Gasteiger partial charge is 0.340 e. The van der Waals surface area contributed by atoms with E-state index in [4.69, 9.17) is 9.47 Å². The number of amides is 1. The van der Waals surface area contributed by atoms with Gasteiger partial charge < -0.3 is 19.7 Å². The van der Waals surface area contributed by atoms with Crippen molar-refractivity contribution in [2.45, 2.75) is 0 Å². The first-order chi connectivity index (χ1) is 14.2. The molecule has 0 bridgehead atoms. The highest BCUT2D eigenvalue weighted by molar-refractivity contribution is 6.07. The van der Waals surface area contributed by atoms with E-state index in [1.54, 1.807) is 18.2 Å². The van der Waals surface area contributed by atoms with Crippen molar-refractivity contribution in [2.75, 3.05) is 43.6 Å². The monoisotopic (exact) mass is 390 g/mol. The zero-order valence-electron chi connectivity index (χ0n) is 16.2. The van der Waals surface area contributed by atoms with E-state index in [-0.39, 0.29) is 5.91 Å². The van der Waals surface area contributed by atoms with Crippen LogP contribution in [0.4, 0.5) is 11.4 Å². The van der Waals surface area contributed by atoms with Crippen LogP contribution in [-0.4, -0.2) is 45.3 Å². The third-order valence-corrected chi connectivity index (χ3v) is 5.02. The van der Waals surface area contributed by atoms with E-state index >= 15 is 0 Å². The van der Waals surface area contributed by atoms with Gasteiger partial charge in [0.25, 0.3) is 5.91 Å². The highest BCUT2D eigenvalue weighted by atomic mass is 16.5. The second kappa shape index (κ2) is 8.32. The summed E-state index contributed by atoms with van der Waals surface area (Å²) in [7, 11) is 1.35. The standard InChI is InChI=1S/C23H22N2O4/c1-28-23(27)20-15-19(8-9-21(20)25-10-12-29-13-11-25)24-22(26)18-7-6-16-4-2-3-5-17(16)14-18/h2-9,14-15H,10-13H2,1H3,(H,24,26). The number of morpholine rings is 1. The number of fused-ring (bicyclic) bond motifs is 1. The molecule has 0 saturated carbocycles. The summed E-state index contributed by atoms with van der Waals surface area (Å²) in [5, 5.41) is 4.96. The topological polar surface area (TPSA) is 67.9 Å². The minimum atomic E-state index is -0.437. The average molecular weight is 390 g/mol. The number of carbonyl (C=O) groups is 2. The number of nitrogens with one attached hydrogen (secondary N) is 1. The number of nitrogens with zero attached hydrogens (tertiary/aromatic N) is 1. The number of methoxy groups -OCH3 is 1. The molecule has 148 valence electrons. The molecule has 1 saturated heterocycles. The lowest BCUT2D eigenvalue weighted by Crippen LogP contribution is -2.37. The van der Waals surface area contributed by atoms with Gasteiger partial charge in [-0.2, -0.15) is 0 Å². The van der Waals surface area contributed by atoms with Crippen molar-refractivity contribution >= 4 is 34.0 Å². The van der Waals surface area contributed by atoms with Gasteiger partial charge in [0.2, 0.25) is 0 Å². The Balaban J connectivity index is 1.60. The molecule has 0 aliphatic carbocycles. The third-order valence-electron chi connectivity index (χ3n) is 5.02. The Hall–Kier alpha value is -3.38. The number of rotatable bonds is 4. The Morgan fingerprint density at radius 3 is 2.48 bits per heavy atom. The molecule has 6 heteroatoms. The van der Waals surface area contributed by atoms with Crippen LogP contribution in [0.1, 0.15) is 20.7 Å². The van der Waals surface area contributed by atoms with E-state index in [0.717, 1.165) is 16.5 Å². The molecule has 1 fully saturated rings. The number of hydrogen-bond acceptors (Lipinski definition) is 5. The molecule has 3 aromatic rings. The molecular formula is C23H22N2O4. The molecule has 3 aromatic carbocycles. The fourth-order valence-electron chi connectivity index (χ4n) is 3.50. The van der Waals surface area contributed by atoms with Crippen LogP contribution >= 0.6 is 0 Å². The Kier molecular flexibility index (Phi) is 5.44. The van der Waals surface area contributed by atoms with Gasteiger partial charge in [0.05, 0.1) is 31.6 Å². The first kappa shape index (κ1) is 19.0. The molecule has 0 radical (unpaired) electrons. The van der Waals surface area contributed by atoms with E-state index in [2.05, 4.69) is 10.2 Å². The zero-order valence-corrected chi connectivity index (χ0v) is 16.2. The fourth-order valence-corrected chi connectivity index (χ4v) is 3.50. The molecule has 0 aromatic heterocycles.